The van der Waals surface area contributed by atoms with E-state index >= 15 is 0 Å². The van der Waals surface area contributed by atoms with Gasteiger partial charge in [0.05, 0.1) is 5.69 Å². The number of benzene rings is 12. The zero-order valence-corrected chi connectivity index (χ0v) is 43.0. The number of rotatable bonds is 11. The van der Waals surface area contributed by atoms with Crippen molar-refractivity contribution in [3.05, 3.63) is 302 Å². The van der Waals surface area contributed by atoms with E-state index in [0.29, 0.717) is 0 Å². The van der Waals surface area contributed by atoms with Gasteiger partial charge in [-0.2, -0.15) is 0 Å². The van der Waals surface area contributed by atoms with Crippen LogP contribution in [0.5, 0.6) is 0 Å². The van der Waals surface area contributed by atoms with Crippen LogP contribution in [0.2, 0.25) is 0 Å². The van der Waals surface area contributed by atoms with Crippen LogP contribution in [0.25, 0.3) is 77.5 Å². The number of aryl methyl sites for hydroxylation is 1. The Balaban J connectivity index is 0.933. The van der Waals surface area contributed by atoms with E-state index in [4.69, 9.17) is 0 Å². The number of anilines is 6. The quantitative estimate of drug-likeness (QED) is 0.127. The highest BCUT2D eigenvalue weighted by Crippen LogP contribution is 2.52. The normalized spacial score (nSPS) is 12.2. The van der Waals surface area contributed by atoms with Crippen LogP contribution in [-0.2, 0) is 5.41 Å². The van der Waals surface area contributed by atoms with E-state index in [-0.39, 0.29) is 5.41 Å². The minimum Gasteiger partial charge on any atom is -0.310 e. The molecule has 0 saturated heterocycles. The van der Waals surface area contributed by atoms with Gasteiger partial charge in [0.15, 0.2) is 0 Å². The van der Waals surface area contributed by atoms with Crippen molar-refractivity contribution in [2.75, 3.05) is 9.80 Å². The highest BCUT2D eigenvalue weighted by atomic mass is 15.1. The van der Waals surface area contributed by atoms with E-state index < -0.39 is 0 Å². The molecular formula is C74H56N2. The van der Waals surface area contributed by atoms with Crippen molar-refractivity contribution in [2.24, 2.45) is 0 Å². The average molecular weight is 973 g/mol. The molecule has 1 aliphatic rings. The summed E-state index contributed by atoms with van der Waals surface area (Å²) in [5, 5.41) is 2.43. The highest BCUT2D eigenvalue weighted by Gasteiger charge is 2.37. The molecule has 12 aromatic carbocycles. The molecule has 0 heterocycles. The standard InChI is InChI=1S/C74H56N2/c1-51-22-21-35-69-72(51)64-46-45-62(48-70(64)74(69,2)3)75(58-30-15-7-16-31-58)60-41-36-55(37-42-60)67-49-66(53-25-11-5-12-26-53)68(50-65(67)52-23-9-4-10-24-52)56-38-43-61(44-39-56)76(59-32-17-8-18-33-59)71-47-40-54-27-19-20-34-63(54)73(71)57-28-13-6-14-29-57/h4-50H,1-3H3. The maximum Gasteiger partial charge on any atom is 0.0546 e. The number of para-hydroxylation sites is 2. The Hall–Kier alpha value is -9.50. The van der Waals surface area contributed by atoms with E-state index in [0.717, 1.165) is 45.3 Å². The summed E-state index contributed by atoms with van der Waals surface area (Å²) in [5.74, 6) is 0. The Labute approximate surface area is 447 Å². The largest absolute Gasteiger partial charge is 0.310 e. The van der Waals surface area contributed by atoms with Gasteiger partial charge in [-0.25, -0.2) is 0 Å². The predicted molar refractivity (Wildman–Crippen MR) is 323 cm³/mol. The molecule has 2 nitrogen and oxygen atoms in total. The van der Waals surface area contributed by atoms with Crippen molar-refractivity contribution in [3.63, 3.8) is 0 Å². The molecule has 0 amide bonds. The second kappa shape index (κ2) is 19.4. The lowest BCUT2D eigenvalue weighted by atomic mass is 9.82. The smallest absolute Gasteiger partial charge is 0.0546 e. The first-order valence-corrected chi connectivity index (χ1v) is 26.4. The van der Waals surface area contributed by atoms with Crippen molar-refractivity contribution in [1.29, 1.82) is 0 Å². The van der Waals surface area contributed by atoms with Crippen molar-refractivity contribution in [3.8, 4) is 66.8 Å². The first-order chi connectivity index (χ1) is 37.4. The monoisotopic (exact) mass is 972 g/mol. The van der Waals surface area contributed by atoms with Crippen LogP contribution in [-0.4, -0.2) is 0 Å². The predicted octanol–water partition coefficient (Wildman–Crippen LogP) is 20.7. The van der Waals surface area contributed by atoms with Crippen LogP contribution in [0, 0.1) is 6.92 Å². The van der Waals surface area contributed by atoms with Crippen LogP contribution in [0.3, 0.4) is 0 Å². The van der Waals surface area contributed by atoms with E-state index in [2.05, 4.69) is 316 Å². The van der Waals surface area contributed by atoms with Gasteiger partial charge in [-0.15, -0.1) is 0 Å². The summed E-state index contributed by atoms with van der Waals surface area (Å²) in [6, 6.07) is 104. The molecule has 13 rings (SSSR count). The molecule has 0 spiro atoms. The average Bonchev–Trinajstić information content (AvgIpc) is 3.79. The molecule has 0 radical (unpaired) electrons. The van der Waals surface area contributed by atoms with Crippen LogP contribution in [0.1, 0.15) is 30.5 Å². The first kappa shape index (κ1) is 46.3. The topological polar surface area (TPSA) is 6.48 Å². The fourth-order valence-electron chi connectivity index (χ4n) is 11.9. The van der Waals surface area contributed by atoms with Crippen molar-refractivity contribution < 1.29 is 0 Å². The van der Waals surface area contributed by atoms with E-state index in [1.807, 2.05) is 0 Å². The van der Waals surface area contributed by atoms with Gasteiger partial charge in [-0.1, -0.05) is 220 Å². The minimum absolute atomic E-state index is 0.121. The molecular weight excluding hydrogens is 917 g/mol. The fraction of sp³-hybridized carbons (Fsp3) is 0.0541. The van der Waals surface area contributed by atoms with Crippen LogP contribution >= 0.6 is 0 Å². The van der Waals surface area contributed by atoms with Gasteiger partial charge >= 0.3 is 0 Å². The van der Waals surface area contributed by atoms with Crippen molar-refractivity contribution in [2.45, 2.75) is 26.2 Å². The summed E-state index contributed by atoms with van der Waals surface area (Å²) in [4.78, 5) is 4.81. The van der Waals surface area contributed by atoms with Crippen LogP contribution in [0.4, 0.5) is 34.1 Å². The first-order valence-electron chi connectivity index (χ1n) is 26.4. The fourth-order valence-corrected chi connectivity index (χ4v) is 11.9. The third-order valence-electron chi connectivity index (χ3n) is 15.6. The Kier molecular flexibility index (Phi) is 11.8. The third-order valence-corrected chi connectivity index (χ3v) is 15.6. The third kappa shape index (κ3) is 8.25. The summed E-state index contributed by atoms with van der Waals surface area (Å²) >= 11 is 0. The lowest BCUT2D eigenvalue weighted by molar-refractivity contribution is 0.660. The maximum absolute atomic E-state index is 2.42. The van der Waals surface area contributed by atoms with E-state index in [1.54, 1.807) is 0 Å². The van der Waals surface area contributed by atoms with Crippen LogP contribution < -0.4 is 9.80 Å². The Bertz CT molecular complexity index is 4040. The molecule has 0 atom stereocenters. The lowest BCUT2D eigenvalue weighted by Gasteiger charge is -2.29. The van der Waals surface area contributed by atoms with E-state index in [1.165, 1.54) is 83.1 Å². The molecule has 0 N–H and O–H groups in total. The van der Waals surface area contributed by atoms with E-state index in [9.17, 15) is 0 Å². The SMILES string of the molecule is Cc1cccc2c1-c1ccc(N(c3ccccc3)c3ccc(-c4cc(-c5ccccc5)c(-c5ccc(N(c6ccccc6)c6ccc7ccccc7c6-c6ccccc6)cc5)cc4-c4ccccc4)cc3)cc1C2(C)C. The molecule has 0 fully saturated rings. The number of fused-ring (bicyclic) bond motifs is 4. The Morgan fingerprint density at radius 1 is 0.276 bits per heavy atom. The zero-order chi connectivity index (χ0) is 51.2. The van der Waals surface area contributed by atoms with Gasteiger partial charge in [0, 0.05) is 39.4 Å². The van der Waals surface area contributed by atoms with Crippen LogP contribution in [0.15, 0.2) is 285 Å². The molecule has 0 saturated carbocycles. The molecule has 1 aliphatic carbocycles. The van der Waals surface area contributed by atoms with Crippen molar-refractivity contribution >= 4 is 44.9 Å². The molecule has 76 heavy (non-hydrogen) atoms. The summed E-state index contributed by atoms with van der Waals surface area (Å²) in [7, 11) is 0. The van der Waals surface area contributed by atoms with Gasteiger partial charge in [-0.3, -0.25) is 0 Å². The molecule has 0 aromatic heterocycles. The zero-order valence-electron chi connectivity index (χ0n) is 43.0. The Morgan fingerprint density at radius 2 is 0.711 bits per heavy atom. The molecule has 0 unspecified atom stereocenters. The minimum atomic E-state index is -0.121. The molecule has 0 bridgehead atoms. The summed E-state index contributed by atoms with van der Waals surface area (Å²) in [5.41, 5.74) is 25.1. The van der Waals surface area contributed by atoms with Gasteiger partial charge in [0.25, 0.3) is 0 Å². The van der Waals surface area contributed by atoms with Gasteiger partial charge < -0.3 is 9.80 Å². The second-order valence-electron chi connectivity index (χ2n) is 20.5. The Morgan fingerprint density at radius 3 is 1.26 bits per heavy atom. The van der Waals surface area contributed by atoms with Crippen molar-refractivity contribution in [1.82, 2.24) is 0 Å². The highest BCUT2D eigenvalue weighted by molar-refractivity contribution is 6.05. The molecule has 2 heteroatoms. The van der Waals surface area contributed by atoms with Gasteiger partial charge in [0.1, 0.15) is 0 Å². The lowest BCUT2D eigenvalue weighted by Crippen LogP contribution is -2.16. The summed E-state index contributed by atoms with van der Waals surface area (Å²) in [6.07, 6.45) is 0. The molecule has 362 valence electrons. The number of hydrogen-bond donors (Lipinski definition) is 0. The summed E-state index contributed by atoms with van der Waals surface area (Å²) in [6.45, 7) is 6.97. The summed E-state index contributed by atoms with van der Waals surface area (Å²) < 4.78 is 0. The van der Waals surface area contributed by atoms with Gasteiger partial charge in [-0.05, 0) is 174 Å². The number of nitrogens with zero attached hydrogens (tertiary/aromatic N) is 2. The molecule has 0 aliphatic heterocycles. The molecule has 12 aromatic rings. The second-order valence-corrected chi connectivity index (χ2v) is 20.5. The number of hydrogen-bond acceptors (Lipinski definition) is 2. The maximum atomic E-state index is 2.42. The van der Waals surface area contributed by atoms with Gasteiger partial charge in [0.2, 0.25) is 0 Å².